The van der Waals surface area contributed by atoms with Crippen LogP contribution in [0.4, 0.5) is 5.95 Å². The molecule has 1 aromatic carbocycles. The molecular formula is C17H20N4O. The number of benzene rings is 1. The largest absolute Gasteiger partial charge is 0.352 e. The lowest BCUT2D eigenvalue weighted by Crippen LogP contribution is -2.25. The van der Waals surface area contributed by atoms with E-state index in [4.69, 9.17) is 0 Å². The molecule has 1 saturated carbocycles. The summed E-state index contributed by atoms with van der Waals surface area (Å²) in [6.45, 7) is 0.649. The maximum atomic E-state index is 12.0. The molecule has 2 aromatic rings. The molecule has 1 aliphatic rings. The molecule has 0 saturated heterocycles. The summed E-state index contributed by atoms with van der Waals surface area (Å²) in [7, 11) is 0. The van der Waals surface area contributed by atoms with E-state index in [2.05, 4.69) is 32.7 Å². The highest BCUT2D eigenvalue weighted by atomic mass is 16.1. The van der Waals surface area contributed by atoms with Crippen molar-refractivity contribution in [3.63, 3.8) is 0 Å². The standard InChI is InChI=1S/C17H20N4O/c22-16(18-10-4-7-13-5-2-1-3-6-13)14-11-19-17(20-12-14)21-15-8-9-15/h1-3,5-6,11-12,15H,4,7-10H2,(H,18,22)(H,19,20,21). The smallest absolute Gasteiger partial charge is 0.254 e. The molecule has 0 spiro atoms. The van der Waals surface area contributed by atoms with E-state index in [9.17, 15) is 4.79 Å². The third kappa shape index (κ3) is 4.28. The van der Waals surface area contributed by atoms with Crippen LogP contribution in [0, 0.1) is 0 Å². The summed E-state index contributed by atoms with van der Waals surface area (Å²) < 4.78 is 0. The topological polar surface area (TPSA) is 66.9 Å². The van der Waals surface area contributed by atoms with E-state index in [1.165, 1.54) is 18.4 Å². The Morgan fingerprint density at radius 1 is 1.14 bits per heavy atom. The molecule has 5 heteroatoms. The fraction of sp³-hybridized carbons (Fsp3) is 0.353. The Morgan fingerprint density at radius 3 is 2.55 bits per heavy atom. The van der Waals surface area contributed by atoms with Crippen LogP contribution in [0.2, 0.25) is 0 Å². The second-order valence-electron chi connectivity index (χ2n) is 5.56. The number of amides is 1. The number of carbonyl (C=O) groups is 1. The highest BCUT2D eigenvalue weighted by Gasteiger charge is 2.21. The molecule has 1 aromatic heterocycles. The Morgan fingerprint density at radius 2 is 1.86 bits per heavy atom. The van der Waals surface area contributed by atoms with Gasteiger partial charge in [0.2, 0.25) is 5.95 Å². The van der Waals surface area contributed by atoms with Gasteiger partial charge in [-0.05, 0) is 31.2 Å². The normalized spacial score (nSPS) is 13.6. The number of carbonyl (C=O) groups excluding carboxylic acids is 1. The summed E-state index contributed by atoms with van der Waals surface area (Å²) in [6, 6.07) is 10.8. The summed E-state index contributed by atoms with van der Waals surface area (Å²) in [5.41, 5.74) is 1.79. The quantitative estimate of drug-likeness (QED) is 0.770. The number of hydrogen-bond donors (Lipinski definition) is 2. The van der Waals surface area contributed by atoms with Gasteiger partial charge in [0.05, 0.1) is 5.56 Å². The van der Waals surface area contributed by atoms with Crippen molar-refractivity contribution in [2.75, 3.05) is 11.9 Å². The van der Waals surface area contributed by atoms with E-state index in [1.807, 2.05) is 18.2 Å². The van der Waals surface area contributed by atoms with E-state index in [1.54, 1.807) is 12.4 Å². The van der Waals surface area contributed by atoms with Crippen LogP contribution >= 0.6 is 0 Å². The molecule has 0 bridgehead atoms. The molecule has 114 valence electrons. The molecule has 1 fully saturated rings. The first-order valence-corrected chi connectivity index (χ1v) is 7.72. The Labute approximate surface area is 130 Å². The van der Waals surface area contributed by atoms with Crippen LogP contribution in [0.1, 0.15) is 35.2 Å². The number of anilines is 1. The molecule has 5 nitrogen and oxygen atoms in total. The van der Waals surface area contributed by atoms with E-state index >= 15 is 0 Å². The molecule has 0 unspecified atom stereocenters. The average molecular weight is 296 g/mol. The Bertz CT molecular complexity index is 608. The van der Waals surface area contributed by atoms with Crippen molar-refractivity contribution in [3.05, 3.63) is 53.9 Å². The second-order valence-corrected chi connectivity index (χ2v) is 5.56. The lowest BCUT2D eigenvalue weighted by atomic mass is 10.1. The summed E-state index contributed by atoms with van der Waals surface area (Å²) in [5.74, 6) is 0.481. The van der Waals surface area contributed by atoms with Gasteiger partial charge >= 0.3 is 0 Å². The summed E-state index contributed by atoms with van der Waals surface area (Å²) in [6.07, 6.45) is 7.37. The van der Waals surface area contributed by atoms with Gasteiger partial charge in [-0.2, -0.15) is 0 Å². The van der Waals surface area contributed by atoms with Crippen LogP contribution in [-0.4, -0.2) is 28.5 Å². The van der Waals surface area contributed by atoms with Crippen LogP contribution in [0.15, 0.2) is 42.7 Å². The van der Waals surface area contributed by atoms with Crippen molar-refractivity contribution in [1.82, 2.24) is 15.3 Å². The predicted molar refractivity (Wildman–Crippen MR) is 85.8 cm³/mol. The predicted octanol–water partition coefficient (Wildman–Crippen LogP) is 2.41. The second kappa shape index (κ2) is 7.02. The van der Waals surface area contributed by atoms with Crippen LogP contribution < -0.4 is 10.6 Å². The Hall–Kier alpha value is -2.43. The first-order valence-electron chi connectivity index (χ1n) is 7.72. The summed E-state index contributed by atoms with van der Waals surface area (Å²) >= 11 is 0. The average Bonchev–Trinajstić information content (AvgIpc) is 3.37. The highest BCUT2D eigenvalue weighted by Crippen LogP contribution is 2.22. The molecule has 0 atom stereocenters. The number of aromatic nitrogens is 2. The fourth-order valence-corrected chi connectivity index (χ4v) is 2.17. The van der Waals surface area contributed by atoms with Crippen LogP contribution in [0.5, 0.6) is 0 Å². The van der Waals surface area contributed by atoms with Gasteiger partial charge in [-0.25, -0.2) is 9.97 Å². The summed E-state index contributed by atoms with van der Waals surface area (Å²) in [5, 5.41) is 6.10. The maximum Gasteiger partial charge on any atom is 0.254 e. The minimum Gasteiger partial charge on any atom is -0.352 e. The number of nitrogens with zero attached hydrogens (tertiary/aromatic N) is 2. The first-order chi connectivity index (χ1) is 10.8. The molecule has 1 amide bonds. The molecule has 1 aliphatic carbocycles. The fourth-order valence-electron chi connectivity index (χ4n) is 2.17. The van der Waals surface area contributed by atoms with Crippen molar-refractivity contribution < 1.29 is 4.79 Å². The molecule has 0 radical (unpaired) electrons. The molecule has 1 heterocycles. The van der Waals surface area contributed by atoms with Crippen LogP contribution in [0.3, 0.4) is 0 Å². The van der Waals surface area contributed by atoms with Gasteiger partial charge in [0.1, 0.15) is 0 Å². The van der Waals surface area contributed by atoms with E-state index in [-0.39, 0.29) is 5.91 Å². The van der Waals surface area contributed by atoms with Gasteiger partial charge < -0.3 is 10.6 Å². The SMILES string of the molecule is O=C(NCCCc1ccccc1)c1cnc(NC2CC2)nc1. The van der Waals surface area contributed by atoms with Crippen molar-refractivity contribution >= 4 is 11.9 Å². The third-order valence-corrected chi connectivity index (χ3v) is 3.60. The van der Waals surface area contributed by atoms with Gasteiger partial charge in [-0.3, -0.25) is 4.79 Å². The Kier molecular flexibility index (Phi) is 4.63. The zero-order valence-electron chi connectivity index (χ0n) is 12.5. The van der Waals surface area contributed by atoms with Crippen molar-refractivity contribution in [1.29, 1.82) is 0 Å². The molecule has 3 rings (SSSR count). The molecular weight excluding hydrogens is 276 g/mol. The Balaban J connectivity index is 1.41. The zero-order valence-corrected chi connectivity index (χ0v) is 12.5. The minimum absolute atomic E-state index is 0.119. The van der Waals surface area contributed by atoms with Gasteiger partial charge in [0.25, 0.3) is 5.91 Å². The number of hydrogen-bond acceptors (Lipinski definition) is 4. The molecule has 2 N–H and O–H groups in total. The van der Waals surface area contributed by atoms with Crippen molar-refractivity contribution in [2.45, 2.75) is 31.7 Å². The van der Waals surface area contributed by atoms with Crippen molar-refractivity contribution in [2.24, 2.45) is 0 Å². The van der Waals surface area contributed by atoms with E-state index < -0.39 is 0 Å². The van der Waals surface area contributed by atoms with Crippen molar-refractivity contribution in [3.8, 4) is 0 Å². The number of aryl methyl sites for hydroxylation is 1. The summed E-state index contributed by atoms with van der Waals surface area (Å²) in [4.78, 5) is 20.3. The highest BCUT2D eigenvalue weighted by molar-refractivity contribution is 5.93. The van der Waals surface area contributed by atoms with Gasteiger partial charge in [0, 0.05) is 25.0 Å². The van der Waals surface area contributed by atoms with Crippen LogP contribution in [-0.2, 0) is 6.42 Å². The van der Waals surface area contributed by atoms with Gasteiger partial charge in [-0.1, -0.05) is 30.3 Å². The van der Waals surface area contributed by atoms with Gasteiger partial charge in [-0.15, -0.1) is 0 Å². The lowest BCUT2D eigenvalue weighted by Gasteiger charge is -2.06. The van der Waals surface area contributed by atoms with Crippen LogP contribution in [0.25, 0.3) is 0 Å². The monoisotopic (exact) mass is 296 g/mol. The van der Waals surface area contributed by atoms with E-state index in [0.717, 1.165) is 12.8 Å². The first kappa shape index (κ1) is 14.5. The minimum atomic E-state index is -0.119. The van der Waals surface area contributed by atoms with E-state index in [0.29, 0.717) is 24.1 Å². The number of rotatable bonds is 7. The number of nitrogens with one attached hydrogen (secondary N) is 2. The zero-order chi connectivity index (χ0) is 15.2. The maximum absolute atomic E-state index is 12.0. The lowest BCUT2D eigenvalue weighted by molar-refractivity contribution is 0.0952. The third-order valence-electron chi connectivity index (χ3n) is 3.60. The van der Waals surface area contributed by atoms with Gasteiger partial charge in [0.15, 0.2) is 0 Å². The molecule has 0 aliphatic heterocycles. The molecule has 22 heavy (non-hydrogen) atoms.